The minimum Gasteiger partial charge on any atom is -0.444 e. The van der Waals surface area contributed by atoms with Gasteiger partial charge in [-0.25, -0.2) is 9.78 Å². The number of amides is 1. The van der Waals surface area contributed by atoms with Gasteiger partial charge >= 0.3 is 6.09 Å². The van der Waals surface area contributed by atoms with Crippen molar-refractivity contribution in [1.29, 1.82) is 0 Å². The summed E-state index contributed by atoms with van der Waals surface area (Å²) in [4.78, 5) is 21.9. The van der Waals surface area contributed by atoms with Gasteiger partial charge in [0.2, 0.25) is 0 Å². The molecule has 29 heavy (non-hydrogen) atoms. The van der Waals surface area contributed by atoms with Crippen LogP contribution in [0.4, 0.5) is 4.79 Å². The number of aromatic nitrogens is 2. The van der Waals surface area contributed by atoms with E-state index in [1.54, 1.807) is 17.0 Å². The summed E-state index contributed by atoms with van der Waals surface area (Å²) < 4.78 is 6.10. The SMILES string of the molecule is CC(C)(C)OC(=O)N1CC=C(c2cccc(CO)n2)C1.OCc1cccc(Br)n1. The molecule has 8 heteroatoms. The van der Waals surface area contributed by atoms with Crippen molar-refractivity contribution in [3.63, 3.8) is 0 Å². The maximum absolute atomic E-state index is 12.0. The van der Waals surface area contributed by atoms with Crippen LogP contribution >= 0.6 is 15.9 Å². The molecule has 0 spiro atoms. The quantitative estimate of drug-likeness (QED) is 0.675. The topological polar surface area (TPSA) is 95.8 Å². The summed E-state index contributed by atoms with van der Waals surface area (Å²) in [7, 11) is 0. The van der Waals surface area contributed by atoms with E-state index < -0.39 is 5.60 Å². The molecule has 1 amide bonds. The smallest absolute Gasteiger partial charge is 0.410 e. The first-order chi connectivity index (χ1) is 13.7. The number of ether oxygens (including phenoxy) is 1. The number of pyridine rings is 2. The van der Waals surface area contributed by atoms with Gasteiger partial charge in [0.25, 0.3) is 0 Å². The second kappa shape index (κ2) is 10.5. The van der Waals surface area contributed by atoms with Crippen molar-refractivity contribution < 1.29 is 19.7 Å². The Morgan fingerprint density at radius 1 is 1.10 bits per heavy atom. The zero-order chi connectivity index (χ0) is 21.4. The van der Waals surface area contributed by atoms with Crippen LogP contribution in [0.5, 0.6) is 0 Å². The highest BCUT2D eigenvalue weighted by atomic mass is 79.9. The Labute approximate surface area is 179 Å². The summed E-state index contributed by atoms with van der Waals surface area (Å²) in [6, 6.07) is 10.9. The molecule has 2 aromatic heterocycles. The first kappa shape index (κ1) is 23.0. The van der Waals surface area contributed by atoms with Gasteiger partial charge in [0.15, 0.2) is 0 Å². The molecule has 0 atom stereocenters. The van der Waals surface area contributed by atoms with Crippen molar-refractivity contribution in [2.24, 2.45) is 0 Å². The number of carbonyl (C=O) groups is 1. The summed E-state index contributed by atoms with van der Waals surface area (Å²) >= 11 is 3.18. The molecule has 7 nitrogen and oxygen atoms in total. The van der Waals surface area contributed by atoms with Crippen molar-refractivity contribution in [2.75, 3.05) is 13.1 Å². The van der Waals surface area contributed by atoms with Crippen LogP contribution in [0.25, 0.3) is 5.57 Å². The Balaban J connectivity index is 0.000000278. The van der Waals surface area contributed by atoms with Crippen LogP contribution in [0, 0.1) is 0 Å². The normalized spacial score (nSPS) is 13.4. The molecule has 3 heterocycles. The lowest BCUT2D eigenvalue weighted by molar-refractivity contribution is 0.0306. The summed E-state index contributed by atoms with van der Waals surface area (Å²) in [5.41, 5.74) is 2.59. The predicted molar refractivity (Wildman–Crippen MR) is 114 cm³/mol. The van der Waals surface area contributed by atoms with E-state index in [9.17, 15) is 4.79 Å². The van der Waals surface area contributed by atoms with E-state index in [4.69, 9.17) is 14.9 Å². The van der Waals surface area contributed by atoms with Gasteiger partial charge in [-0.2, -0.15) is 0 Å². The molecule has 2 N–H and O–H groups in total. The van der Waals surface area contributed by atoms with E-state index in [0.717, 1.165) is 15.9 Å². The molecule has 0 unspecified atom stereocenters. The van der Waals surface area contributed by atoms with Crippen LogP contribution in [0.3, 0.4) is 0 Å². The molecular formula is C21H26BrN3O4. The third-order valence-corrected chi connectivity index (χ3v) is 4.25. The highest BCUT2D eigenvalue weighted by Crippen LogP contribution is 2.21. The maximum atomic E-state index is 12.0. The number of hydrogen-bond acceptors (Lipinski definition) is 6. The van der Waals surface area contributed by atoms with Crippen LogP contribution in [0.15, 0.2) is 47.1 Å². The lowest BCUT2D eigenvalue weighted by Gasteiger charge is -2.24. The molecule has 1 aliphatic rings. The zero-order valence-electron chi connectivity index (χ0n) is 16.8. The van der Waals surface area contributed by atoms with Crippen molar-refractivity contribution in [1.82, 2.24) is 14.9 Å². The fraction of sp³-hybridized carbons (Fsp3) is 0.381. The van der Waals surface area contributed by atoms with Crippen LogP contribution in [-0.4, -0.2) is 49.9 Å². The molecule has 2 aromatic rings. The average molecular weight is 464 g/mol. The highest BCUT2D eigenvalue weighted by molar-refractivity contribution is 9.10. The number of aliphatic hydroxyl groups is 2. The van der Waals surface area contributed by atoms with E-state index in [-0.39, 0.29) is 19.3 Å². The first-order valence-electron chi connectivity index (χ1n) is 9.18. The van der Waals surface area contributed by atoms with Gasteiger partial charge in [-0.15, -0.1) is 0 Å². The van der Waals surface area contributed by atoms with E-state index in [1.807, 2.05) is 51.1 Å². The number of nitrogens with zero attached hydrogens (tertiary/aromatic N) is 3. The minimum atomic E-state index is -0.491. The Hall–Kier alpha value is -2.29. The molecule has 0 aromatic carbocycles. The molecule has 0 saturated heterocycles. The number of aliphatic hydroxyl groups excluding tert-OH is 2. The Kier molecular flexibility index (Phi) is 8.31. The highest BCUT2D eigenvalue weighted by Gasteiger charge is 2.26. The van der Waals surface area contributed by atoms with Crippen molar-refractivity contribution >= 4 is 27.6 Å². The van der Waals surface area contributed by atoms with Crippen molar-refractivity contribution in [2.45, 2.75) is 39.6 Å². The van der Waals surface area contributed by atoms with Crippen molar-refractivity contribution in [3.8, 4) is 0 Å². The molecular weight excluding hydrogens is 438 g/mol. The monoisotopic (exact) mass is 463 g/mol. The summed E-state index contributed by atoms with van der Waals surface area (Å²) in [5.74, 6) is 0. The fourth-order valence-electron chi connectivity index (χ4n) is 2.49. The number of carbonyl (C=O) groups excluding carboxylic acids is 1. The molecule has 156 valence electrons. The molecule has 3 rings (SSSR count). The summed E-state index contributed by atoms with van der Waals surface area (Å²) in [5, 5.41) is 17.7. The van der Waals surface area contributed by atoms with Gasteiger partial charge in [-0.05, 0) is 66.5 Å². The standard InChI is InChI=1S/C15H20N2O3.C6H6BrNO/c1-15(2,3)20-14(19)17-8-7-11(9-17)13-6-4-5-12(10-18)16-13;7-6-3-1-2-5(4-9)8-6/h4-7,18H,8-10H2,1-3H3;1-3,9H,4H2. The van der Waals surface area contributed by atoms with E-state index >= 15 is 0 Å². The van der Waals surface area contributed by atoms with Crippen LogP contribution in [-0.2, 0) is 18.0 Å². The van der Waals surface area contributed by atoms with E-state index in [0.29, 0.717) is 24.5 Å². The maximum Gasteiger partial charge on any atom is 0.410 e. The molecule has 0 radical (unpaired) electrons. The summed E-state index contributed by atoms with van der Waals surface area (Å²) in [6.45, 7) is 6.47. The zero-order valence-corrected chi connectivity index (χ0v) is 18.4. The predicted octanol–water partition coefficient (Wildman–Crippen LogP) is 3.54. The minimum absolute atomic E-state index is 0.000556. The van der Waals surface area contributed by atoms with Crippen LogP contribution < -0.4 is 0 Å². The number of halogens is 1. The van der Waals surface area contributed by atoms with Gasteiger partial charge in [0, 0.05) is 6.54 Å². The molecule has 0 aliphatic carbocycles. The van der Waals surface area contributed by atoms with Gasteiger partial charge in [0.1, 0.15) is 10.2 Å². The van der Waals surface area contributed by atoms with E-state index in [2.05, 4.69) is 25.9 Å². The lowest BCUT2D eigenvalue weighted by atomic mass is 10.1. The number of hydrogen-bond donors (Lipinski definition) is 2. The molecule has 0 saturated carbocycles. The average Bonchev–Trinajstić information content (AvgIpc) is 3.18. The second-order valence-corrected chi connectivity index (χ2v) is 8.18. The third kappa shape index (κ3) is 7.56. The first-order valence-corrected chi connectivity index (χ1v) is 9.97. The Bertz CT molecular complexity index is 865. The van der Waals surface area contributed by atoms with Gasteiger partial charge in [-0.3, -0.25) is 4.98 Å². The van der Waals surface area contributed by atoms with Crippen LogP contribution in [0.1, 0.15) is 37.9 Å². The van der Waals surface area contributed by atoms with Crippen LogP contribution in [0.2, 0.25) is 0 Å². The molecule has 0 fully saturated rings. The Morgan fingerprint density at radius 3 is 2.28 bits per heavy atom. The van der Waals surface area contributed by atoms with Gasteiger partial charge in [0.05, 0.1) is 36.8 Å². The largest absolute Gasteiger partial charge is 0.444 e. The third-order valence-electron chi connectivity index (χ3n) is 3.80. The molecule has 0 bridgehead atoms. The lowest BCUT2D eigenvalue weighted by Crippen LogP contribution is -2.35. The summed E-state index contributed by atoms with van der Waals surface area (Å²) in [6.07, 6.45) is 1.65. The Morgan fingerprint density at radius 2 is 1.72 bits per heavy atom. The van der Waals surface area contributed by atoms with E-state index in [1.165, 1.54) is 0 Å². The molecule has 1 aliphatic heterocycles. The van der Waals surface area contributed by atoms with Gasteiger partial charge in [-0.1, -0.05) is 18.2 Å². The van der Waals surface area contributed by atoms with Crippen molar-refractivity contribution in [3.05, 3.63) is 64.2 Å². The fourth-order valence-corrected chi connectivity index (χ4v) is 2.87. The second-order valence-electron chi connectivity index (χ2n) is 7.37. The number of rotatable bonds is 3. The van der Waals surface area contributed by atoms with Gasteiger partial charge < -0.3 is 19.8 Å².